The molecule has 0 spiro atoms. The molecule has 0 unspecified atom stereocenters. The van der Waals surface area contributed by atoms with Gasteiger partial charge in [0.1, 0.15) is 17.8 Å². The highest BCUT2D eigenvalue weighted by molar-refractivity contribution is 6.32. The maximum Gasteiger partial charge on any atom is 0.393 e. The second kappa shape index (κ2) is 7.32. The van der Waals surface area contributed by atoms with Crippen molar-refractivity contribution in [3.05, 3.63) is 69.3 Å². The monoisotopic (exact) mass is 372 g/mol. The van der Waals surface area contributed by atoms with Crippen LogP contribution in [0.5, 0.6) is 23.3 Å². The zero-order valence-corrected chi connectivity index (χ0v) is 14.6. The SMILES string of the molecule is Cc1cc(Oc2ncnc(Oc3cccnc3)c2[N+](=O)[O-])cc(C)c1Cl. The molecule has 3 rings (SSSR count). The van der Waals surface area contributed by atoms with Crippen molar-refractivity contribution in [2.24, 2.45) is 0 Å². The molecule has 0 N–H and O–H groups in total. The van der Waals surface area contributed by atoms with E-state index in [4.69, 9.17) is 21.1 Å². The van der Waals surface area contributed by atoms with E-state index in [0.717, 1.165) is 17.5 Å². The van der Waals surface area contributed by atoms with Gasteiger partial charge >= 0.3 is 17.4 Å². The third-order valence-corrected chi connectivity index (χ3v) is 4.01. The number of hydrogen-bond donors (Lipinski definition) is 0. The summed E-state index contributed by atoms with van der Waals surface area (Å²) in [5.41, 5.74) is 1.08. The topological polar surface area (TPSA) is 100 Å². The van der Waals surface area contributed by atoms with Crippen LogP contribution < -0.4 is 9.47 Å². The van der Waals surface area contributed by atoms with Gasteiger partial charge in [0.15, 0.2) is 0 Å². The van der Waals surface area contributed by atoms with Gasteiger partial charge in [0.25, 0.3) is 0 Å². The average molecular weight is 373 g/mol. The second-order valence-corrected chi connectivity index (χ2v) is 5.73. The van der Waals surface area contributed by atoms with Crippen molar-refractivity contribution in [3.63, 3.8) is 0 Å². The summed E-state index contributed by atoms with van der Waals surface area (Å²) in [4.78, 5) is 22.5. The second-order valence-electron chi connectivity index (χ2n) is 5.35. The summed E-state index contributed by atoms with van der Waals surface area (Å²) < 4.78 is 11.1. The van der Waals surface area contributed by atoms with Crippen LogP contribution in [0.2, 0.25) is 5.02 Å². The summed E-state index contributed by atoms with van der Waals surface area (Å²) in [6.07, 6.45) is 4.10. The van der Waals surface area contributed by atoms with Crippen molar-refractivity contribution in [2.45, 2.75) is 13.8 Å². The number of nitrogens with zero attached hydrogens (tertiary/aromatic N) is 4. The minimum Gasteiger partial charge on any atom is -0.433 e. The van der Waals surface area contributed by atoms with Gasteiger partial charge < -0.3 is 9.47 Å². The van der Waals surface area contributed by atoms with Gasteiger partial charge in [-0.2, -0.15) is 9.97 Å². The molecular formula is C17H13ClN4O4. The summed E-state index contributed by atoms with van der Waals surface area (Å²) in [5.74, 6) is 0.206. The molecule has 0 aliphatic heterocycles. The van der Waals surface area contributed by atoms with E-state index in [1.54, 1.807) is 30.5 Å². The lowest BCUT2D eigenvalue weighted by molar-refractivity contribution is -0.387. The first kappa shape index (κ1) is 17.6. The van der Waals surface area contributed by atoms with Crippen LogP contribution in [0.25, 0.3) is 0 Å². The Bertz CT molecular complexity index is 943. The zero-order valence-electron chi connectivity index (χ0n) is 13.8. The predicted octanol–water partition coefficient (Wildman–Crippen LogP) is 4.63. The largest absolute Gasteiger partial charge is 0.433 e. The Morgan fingerprint density at radius 2 is 1.69 bits per heavy atom. The van der Waals surface area contributed by atoms with Crippen LogP contribution in [0.4, 0.5) is 5.69 Å². The van der Waals surface area contributed by atoms with E-state index < -0.39 is 10.6 Å². The summed E-state index contributed by atoms with van der Waals surface area (Å²) in [7, 11) is 0. The molecule has 1 aromatic carbocycles. The quantitative estimate of drug-likeness (QED) is 0.475. The lowest BCUT2D eigenvalue weighted by Crippen LogP contribution is -2.01. The molecule has 0 fully saturated rings. The van der Waals surface area contributed by atoms with Crippen molar-refractivity contribution in [1.82, 2.24) is 15.0 Å². The number of benzene rings is 1. The number of pyridine rings is 1. The molecule has 9 heteroatoms. The Kier molecular flexibility index (Phi) is 4.94. The van der Waals surface area contributed by atoms with E-state index in [2.05, 4.69) is 15.0 Å². The Hall–Kier alpha value is -3.26. The smallest absolute Gasteiger partial charge is 0.393 e. The first-order valence-electron chi connectivity index (χ1n) is 7.47. The number of halogens is 1. The summed E-state index contributed by atoms with van der Waals surface area (Å²) >= 11 is 6.13. The van der Waals surface area contributed by atoms with Crippen molar-refractivity contribution in [2.75, 3.05) is 0 Å². The fourth-order valence-corrected chi connectivity index (χ4v) is 2.36. The Balaban J connectivity index is 2.00. The molecule has 0 atom stereocenters. The first-order valence-corrected chi connectivity index (χ1v) is 7.85. The highest BCUT2D eigenvalue weighted by Gasteiger charge is 2.27. The van der Waals surface area contributed by atoms with Crippen LogP contribution in [0.1, 0.15) is 11.1 Å². The van der Waals surface area contributed by atoms with Gasteiger partial charge in [-0.05, 0) is 49.2 Å². The van der Waals surface area contributed by atoms with Crippen LogP contribution in [0.15, 0.2) is 43.0 Å². The van der Waals surface area contributed by atoms with E-state index in [1.165, 1.54) is 6.20 Å². The third-order valence-electron chi connectivity index (χ3n) is 3.41. The highest BCUT2D eigenvalue weighted by Crippen LogP contribution is 2.38. The number of rotatable bonds is 5. The van der Waals surface area contributed by atoms with Gasteiger partial charge in [0.2, 0.25) is 0 Å². The zero-order chi connectivity index (χ0) is 18.7. The maximum atomic E-state index is 11.5. The van der Waals surface area contributed by atoms with Crippen LogP contribution in [0, 0.1) is 24.0 Å². The summed E-state index contributed by atoms with van der Waals surface area (Å²) in [6, 6.07) is 6.58. The van der Waals surface area contributed by atoms with Crippen LogP contribution in [-0.4, -0.2) is 19.9 Å². The molecular weight excluding hydrogens is 360 g/mol. The normalized spacial score (nSPS) is 10.4. The van der Waals surface area contributed by atoms with Crippen molar-refractivity contribution >= 4 is 17.3 Å². The van der Waals surface area contributed by atoms with E-state index in [0.29, 0.717) is 16.5 Å². The van der Waals surface area contributed by atoms with Crippen molar-refractivity contribution in [3.8, 4) is 23.3 Å². The molecule has 0 aliphatic carbocycles. The Labute approximate surface area is 153 Å². The standard InChI is InChI=1S/C17H13ClN4O4/c1-10-6-13(7-11(2)14(10)18)26-17-15(22(23)24)16(20-9-21-17)25-12-4-3-5-19-8-12/h3-9H,1-2H3. The fourth-order valence-electron chi connectivity index (χ4n) is 2.25. The van der Waals surface area contributed by atoms with Gasteiger partial charge in [0, 0.05) is 11.2 Å². The molecule has 2 aromatic heterocycles. The summed E-state index contributed by atoms with van der Waals surface area (Å²) in [5, 5.41) is 12.1. The van der Waals surface area contributed by atoms with Crippen LogP contribution in [0.3, 0.4) is 0 Å². The number of hydrogen-bond acceptors (Lipinski definition) is 7. The predicted molar refractivity (Wildman–Crippen MR) is 94.0 cm³/mol. The van der Waals surface area contributed by atoms with E-state index >= 15 is 0 Å². The number of aromatic nitrogens is 3. The first-order chi connectivity index (χ1) is 12.5. The average Bonchev–Trinajstić information content (AvgIpc) is 2.60. The van der Waals surface area contributed by atoms with Gasteiger partial charge in [-0.25, -0.2) is 0 Å². The molecule has 0 aliphatic rings. The van der Waals surface area contributed by atoms with Gasteiger partial charge in [-0.1, -0.05) is 11.6 Å². The van der Waals surface area contributed by atoms with Gasteiger partial charge in [0.05, 0.1) is 11.1 Å². The molecule has 8 nitrogen and oxygen atoms in total. The Morgan fingerprint density at radius 3 is 2.23 bits per heavy atom. The van der Waals surface area contributed by atoms with Crippen molar-refractivity contribution < 1.29 is 14.4 Å². The molecule has 0 saturated heterocycles. The van der Waals surface area contributed by atoms with Crippen LogP contribution >= 0.6 is 11.6 Å². The third kappa shape index (κ3) is 3.70. The number of ether oxygens (including phenoxy) is 2. The number of aryl methyl sites for hydroxylation is 2. The number of nitro groups is 1. The molecule has 3 aromatic rings. The minimum atomic E-state index is -0.656. The molecule has 0 saturated carbocycles. The van der Waals surface area contributed by atoms with E-state index in [9.17, 15) is 10.1 Å². The van der Waals surface area contributed by atoms with Gasteiger partial charge in [-0.3, -0.25) is 15.1 Å². The lowest BCUT2D eigenvalue weighted by atomic mass is 10.1. The lowest BCUT2D eigenvalue weighted by Gasteiger charge is -2.10. The Morgan fingerprint density at radius 1 is 1.08 bits per heavy atom. The molecule has 0 radical (unpaired) electrons. The molecule has 26 heavy (non-hydrogen) atoms. The minimum absolute atomic E-state index is 0.231. The molecule has 2 heterocycles. The molecule has 0 bridgehead atoms. The van der Waals surface area contributed by atoms with E-state index in [-0.39, 0.29) is 11.8 Å². The maximum absolute atomic E-state index is 11.5. The van der Waals surface area contributed by atoms with E-state index in [1.807, 2.05) is 13.8 Å². The van der Waals surface area contributed by atoms with Crippen LogP contribution in [-0.2, 0) is 0 Å². The fraction of sp³-hybridized carbons (Fsp3) is 0.118. The van der Waals surface area contributed by atoms with Gasteiger partial charge in [-0.15, -0.1) is 0 Å². The highest BCUT2D eigenvalue weighted by atomic mass is 35.5. The molecule has 132 valence electrons. The molecule has 0 amide bonds. The van der Waals surface area contributed by atoms with Crippen molar-refractivity contribution in [1.29, 1.82) is 0 Å². The summed E-state index contributed by atoms with van der Waals surface area (Å²) in [6.45, 7) is 3.63.